The summed E-state index contributed by atoms with van der Waals surface area (Å²) in [5, 5.41) is 2.83. The van der Waals surface area contributed by atoms with Crippen molar-refractivity contribution in [1.29, 1.82) is 0 Å². The Balaban J connectivity index is 2.27. The van der Waals surface area contributed by atoms with Gasteiger partial charge in [-0.2, -0.15) is 4.31 Å². The second-order valence-electron chi connectivity index (χ2n) is 8.42. The van der Waals surface area contributed by atoms with Crippen molar-refractivity contribution in [2.45, 2.75) is 58.1 Å². The lowest BCUT2D eigenvalue weighted by Crippen LogP contribution is -2.51. The number of aryl methyl sites for hydroxylation is 2. The minimum Gasteiger partial charge on any atom is -0.352 e. The van der Waals surface area contributed by atoms with Gasteiger partial charge in [0.05, 0.1) is 11.4 Å². The van der Waals surface area contributed by atoms with Gasteiger partial charge in [-0.05, 0) is 52.3 Å². The van der Waals surface area contributed by atoms with E-state index in [4.69, 9.17) is 0 Å². The van der Waals surface area contributed by atoms with Gasteiger partial charge in [0.1, 0.15) is 6.04 Å². The van der Waals surface area contributed by atoms with Crippen LogP contribution >= 0.6 is 0 Å². The number of sulfonamides is 1. The van der Waals surface area contributed by atoms with Gasteiger partial charge in [0, 0.05) is 19.6 Å². The van der Waals surface area contributed by atoms with E-state index in [-0.39, 0.29) is 29.9 Å². The number of nitrogens with one attached hydrogen (secondary N) is 1. The van der Waals surface area contributed by atoms with E-state index in [0.29, 0.717) is 0 Å². The quantitative estimate of drug-likeness (QED) is 0.625. The van der Waals surface area contributed by atoms with Crippen LogP contribution in [0.3, 0.4) is 0 Å². The van der Waals surface area contributed by atoms with Crippen molar-refractivity contribution in [3.63, 3.8) is 0 Å². The maximum absolute atomic E-state index is 13.2. The van der Waals surface area contributed by atoms with E-state index in [2.05, 4.69) is 5.32 Å². The summed E-state index contributed by atoms with van der Waals surface area (Å²) >= 11 is 0. The third kappa shape index (κ3) is 6.64. The van der Waals surface area contributed by atoms with Crippen LogP contribution in [0.5, 0.6) is 0 Å². The number of hydrogen-bond acceptors (Lipinski definition) is 4. The Labute approximate surface area is 191 Å². The predicted octanol–water partition coefficient (Wildman–Crippen LogP) is 2.87. The molecule has 2 aromatic rings. The summed E-state index contributed by atoms with van der Waals surface area (Å²) in [7, 11) is -2.47. The van der Waals surface area contributed by atoms with E-state index in [1.165, 1.54) is 24.1 Å². The molecule has 0 spiro atoms. The molecule has 0 saturated heterocycles. The highest BCUT2D eigenvalue weighted by atomic mass is 32.2. The summed E-state index contributed by atoms with van der Waals surface area (Å²) in [5.74, 6) is -0.735. The lowest BCUT2D eigenvalue weighted by atomic mass is 10.1. The molecule has 0 aliphatic rings. The van der Waals surface area contributed by atoms with Crippen LogP contribution in [0.4, 0.5) is 0 Å². The van der Waals surface area contributed by atoms with E-state index in [0.717, 1.165) is 21.0 Å². The number of nitrogens with zero attached hydrogens (tertiary/aromatic N) is 2. The average molecular weight is 460 g/mol. The van der Waals surface area contributed by atoms with Crippen LogP contribution in [0, 0.1) is 13.8 Å². The maximum Gasteiger partial charge on any atom is 0.243 e. The molecule has 174 valence electrons. The minimum absolute atomic E-state index is 0.0783. The van der Waals surface area contributed by atoms with Crippen LogP contribution in [0.25, 0.3) is 0 Å². The zero-order chi connectivity index (χ0) is 24.1. The summed E-state index contributed by atoms with van der Waals surface area (Å²) in [6.07, 6.45) is 0. The summed E-state index contributed by atoms with van der Waals surface area (Å²) in [4.78, 5) is 27.4. The Bertz CT molecular complexity index is 1050. The molecule has 0 radical (unpaired) electrons. The summed E-state index contributed by atoms with van der Waals surface area (Å²) in [6, 6.07) is 13.3. The molecule has 0 fully saturated rings. The van der Waals surface area contributed by atoms with Gasteiger partial charge in [0.15, 0.2) is 0 Å². The van der Waals surface area contributed by atoms with E-state index in [9.17, 15) is 18.0 Å². The molecular formula is C24H33N3O4S. The first kappa shape index (κ1) is 25.5. The number of amides is 2. The van der Waals surface area contributed by atoms with Crippen LogP contribution in [0.15, 0.2) is 53.4 Å². The molecular weight excluding hydrogens is 426 g/mol. The van der Waals surface area contributed by atoms with Crippen LogP contribution in [-0.4, -0.2) is 55.1 Å². The number of rotatable bonds is 9. The first-order valence-electron chi connectivity index (χ1n) is 10.6. The Morgan fingerprint density at radius 1 is 0.969 bits per heavy atom. The minimum atomic E-state index is -3.84. The highest BCUT2D eigenvalue weighted by molar-refractivity contribution is 7.89. The topological polar surface area (TPSA) is 86.8 Å². The number of carbonyl (C=O) groups is 2. The number of hydrogen-bond donors (Lipinski definition) is 1. The molecule has 1 unspecified atom stereocenters. The van der Waals surface area contributed by atoms with Gasteiger partial charge in [-0.1, -0.05) is 47.5 Å². The second-order valence-corrected chi connectivity index (χ2v) is 10.5. The molecule has 8 heteroatoms. The molecule has 2 rings (SSSR count). The Hall–Kier alpha value is -2.71. The molecule has 0 aliphatic carbocycles. The molecule has 0 saturated carbocycles. The second kappa shape index (κ2) is 10.7. The SMILES string of the molecule is Cc1ccc(S(=O)(=O)N(C)CC(=O)N(Cc2cccc(C)c2)C(C)C(=O)NC(C)C)cc1. The van der Waals surface area contributed by atoms with Crippen LogP contribution in [-0.2, 0) is 26.2 Å². The Morgan fingerprint density at radius 3 is 2.16 bits per heavy atom. The molecule has 1 N–H and O–H groups in total. The average Bonchev–Trinajstić information content (AvgIpc) is 2.71. The fourth-order valence-corrected chi connectivity index (χ4v) is 4.37. The van der Waals surface area contributed by atoms with Gasteiger partial charge in [0.2, 0.25) is 21.8 Å². The molecule has 0 aromatic heterocycles. The van der Waals surface area contributed by atoms with E-state index >= 15 is 0 Å². The fourth-order valence-electron chi connectivity index (χ4n) is 3.25. The highest BCUT2D eigenvalue weighted by Crippen LogP contribution is 2.17. The van der Waals surface area contributed by atoms with Crippen molar-refractivity contribution in [2.24, 2.45) is 0 Å². The molecule has 0 bridgehead atoms. The lowest BCUT2D eigenvalue weighted by Gasteiger charge is -2.31. The number of likely N-dealkylation sites (N-methyl/N-ethyl adjacent to an activating group) is 1. The summed E-state index contributed by atoms with van der Waals surface area (Å²) in [5.41, 5.74) is 2.84. The van der Waals surface area contributed by atoms with Crippen molar-refractivity contribution in [1.82, 2.24) is 14.5 Å². The van der Waals surface area contributed by atoms with Crippen molar-refractivity contribution < 1.29 is 18.0 Å². The first-order chi connectivity index (χ1) is 14.9. The number of benzene rings is 2. The standard InChI is InChI=1S/C24H33N3O4S/c1-17(2)25-24(29)20(5)27(15-21-9-7-8-19(4)14-21)23(28)16-26(6)32(30,31)22-12-10-18(3)11-13-22/h7-14,17,20H,15-16H2,1-6H3,(H,25,29). The molecule has 1 atom stereocenters. The molecule has 2 aromatic carbocycles. The molecule has 32 heavy (non-hydrogen) atoms. The molecule has 2 amide bonds. The van der Waals surface area contributed by atoms with Crippen molar-refractivity contribution >= 4 is 21.8 Å². The monoisotopic (exact) mass is 459 g/mol. The van der Waals surface area contributed by atoms with E-state index in [1.807, 2.05) is 52.0 Å². The largest absolute Gasteiger partial charge is 0.352 e. The van der Waals surface area contributed by atoms with Crippen molar-refractivity contribution in [3.05, 3.63) is 65.2 Å². The van der Waals surface area contributed by atoms with Gasteiger partial charge < -0.3 is 10.2 Å². The van der Waals surface area contributed by atoms with Crippen LogP contribution in [0.2, 0.25) is 0 Å². The third-order valence-corrected chi connectivity index (χ3v) is 6.94. The molecule has 7 nitrogen and oxygen atoms in total. The zero-order valence-corrected chi connectivity index (χ0v) is 20.4. The maximum atomic E-state index is 13.2. The van der Waals surface area contributed by atoms with Gasteiger partial charge in [-0.3, -0.25) is 9.59 Å². The normalized spacial score (nSPS) is 12.6. The lowest BCUT2D eigenvalue weighted by molar-refractivity contribution is -0.140. The van der Waals surface area contributed by atoms with Gasteiger partial charge in [-0.15, -0.1) is 0 Å². The molecule has 0 heterocycles. The highest BCUT2D eigenvalue weighted by Gasteiger charge is 2.30. The third-order valence-electron chi connectivity index (χ3n) is 5.12. The van der Waals surface area contributed by atoms with E-state index < -0.39 is 22.0 Å². The Kier molecular flexibility index (Phi) is 8.58. The van der Waals surface area contributed by atoms with Crippen molar-refractivity contribution in [2.75, 3.05) is 13.6 Å². The van der Waals surface area contributed by atoms with E-state index in [1.54, 1.807) is 19.1 Å². The zero-order valence-electron chi connectivity index (χ0n) is 19.6. The first-order valence-corrected chi connectivity index (χ1v) is 12.0. The Morgan fingerprint density at radius 2 is 1.59 bits per heavy atom. The van der Waals surface area contributed by atoms with Gasteiger partial charge in [0.25, 0.3) is 0 Å². The molecule has 0 aliphatic heterocycles. The fraction of sp³-hybridized carbons (Fsp3) is 0.417. The van der Waals surface area contributed by atoms with Crippen LogP contribution < -0.4 is 5.32 Å². The van der Waals surface area contributed by atoms with Crippen molar-refractivity contribution in [3.8, 4) is 0 Å². The smallest absolute Gasteiger partial charge is 0.243 e. The number of carbonyl (C=O) groups excluding carboxylic acids is 2. The summed E-state index contributed by atoms with van der Waals surface area (Å²) in [6.45, 7) is 8.99. The van der Waals surface area contributed by atoms with Crippen LogP contribution in [0.1, 0.15) is 37.5 Å². The summed E-state index contributed by atoms with van der Waals surface area (Å²) < 4.78 is 26.9. The predicted molar refractivity (Wildman–Crippen MR) is 125 cm³/mol. The van der Waals surface area contributed by atoms with Gasteiger partial charge in [-0.25, -0.2) is 8.42 Å². The van der Waals surface area contributed by atoms with Gasteiger partial charge >= 0.3 is 0 Å².